The van der Waals surface area contributed by atoms with E-state index in [-0.39, 0.29) is 51.4 Å². The molecule has 0 saturated carbocycles. The molecule has 0 aromatic heterocycles. The maximum atomic E-state index is 7.60. The van der Waals surface area contributed by atoms with E-state index >= 15 is 0 Å². The molecule has 0 heterocycles. The van der Waals surface area contributed by atoms with Crippen LogP contribution in [0.3, 0.4) is 0 Å². The molecule has 7 heavy (non-hydrogen) atoms. The van der Waals surface area contributed by atoms with Gasteiger partial charge >= 0.3 is 60.4 Å². The van der Waals surface area contributed by atoms with Crippen molar-refractivity contribution in [3.63, 3.8) is 0 Å². The van der Waals surface area contributed by atoms with Gasteiger partial charge in [-0.3, -0.25) is 5.26 Å². The van der Waals surface area contributed by atoms with Crippen LogP contribution in [0.1, 0.15) is 0 Å². The van der Waals surface area contributed by atoms with E-state index in [4.69, 9.17) is 19.6 Å². The van der Waals surface area contributed by atoms with Crippen LogP contribution in [0.4, 0.5) is 0 Å². The third-order valence-electron chi connectivity index (χ3n) is 0.122. The maximum absolute atomic E-state index is 7.60. The van der Waals surface area contributed by atoms with Crippen molar-refractivity contribution in [3.8, 4) is 0 Å². The van der Waals surface area contributed by atoms with Crippen LogP contribution in [0.2, 0.25) is 0 Å². The molecule has 0 aliphatic heterocycles. The summed E-state index contributed by atoms with van der Waals surface area (Å²) in [6.07, 6.45) is 0. The third kappa shape index (κ3) is 11.3. The van der Waals surface area contributed by atoms with Crippen molar-refractivity contribution in [1.29, 1.82) is 0 Å². The third-order valence-corrected chi connectivity index (χ3v) is 0.367. The fourth-order valence-corrected chi connectivity index (χ4v) is 0. The predicted molar refractivity (Wildman–Crippen MR) is 23.3 cm³/mol. The number of rotatable bonds is 1. The van der Waals surface area contributed by atoms with Crippen LogP contribution < -0.4 is 0 Å². The monoisotopic (exact) mass is 152 g/mol. The quantitative estimate of drug-likeness (QED) is 0.186. The number of hydrogen-bond acceptors (Lipinski definition) is 5. The Bertz CT molecular complexity index is 37.8. The molecule has 0 saturated heterocycles. The zero-order valence-corrected chi connectivity index (χ0v) is 3.70. The van der Waals surface area contributed by atoms with Crippen LogP contribution in [-0.4, -0.2) is 80.1 Å². The summed E-state index contributed by atoms with van der Waals surface area (Å²) in [6.45, 7) is 0. The fourth-order valence-electron chi connectivity index (χ4n) is 0. The van der Waals surface area contributed by atoms with E-state index in [0.717, 1.165) is 0 Å². The van der Waals surface area contributed by atoms with Gasteiger partial charge in [-0.25, -0.2) is 0 Å². The van der Waals surface area contributed by atoms with E-state index in [2.05, 4.69) is 4.58 Å². The summed E-state index contributed by atoms with van der Waals surface area (Å²) in [6, 6.07) is 0. The first-order valence-electron chi connectivity index (χ1n) is 1.06. The Morgan fingerprint density at radius 2 is 1.29 bits per heavy atom. The van der Waals surface area contributed by atoms with Gasteiger partial charge in [0.15, 0.2) is 0 Å². The summed E-state index contributed by atoms with van der Waals surface area (Å²) >= 11 is 0. The molecule has 0 amide bonds. The van der Waals surface area contributed by atoms with Crippen LogP contribution in [0.15, 0.2) is 0 Å². The molecule has 4 N–H and O–H groups in total. The SMILES string of the molecule is OO[Si](O)(O)O.[KH]. The first-order valence-corrected chi connectivity index (χ1v) is 2.81. The van der Waals surface area contributed by atoms with Crippen LogP contribution in [-0.2, 0) is 4.58 Å². The van der Waals surface area contributed by atoms with Gasteiger partial charge < -0.3 is 14.4 Å². The molecule has 5 nitrogen and oxygen atoms in total. The average Bonchev–Trinajstić information content (AvgIpc) is 1.35. The standard InChI is InChI=1S/K.H4O5Si.H/c;1-5-6(2,3)4;/h;1-4H;. The summed E-state index contributed by atoms with van der Waals surface area (Å²) in [7, 11) is -4.58. The Hall–Kier alpha value is 1.65. The van der Waals surface area contributed by atoms with Gasteiger partial charge in [-0.2, -0.15) is 4.58 Å². The van der Waals surface area contributed by atoms with Crippen molar-refractivity contribution in [2.75, 3.05) is 0 Å². The fraction of sp³-hybridized carbons (Fsp3) is 0. The molecule has 0 aliphatic rings. The zero-order valence-electron chi connectivity index (χ0n) is 2.70. The molecule has 40 valence electrons. The van der Waals surface area contributed by atoms with E-state index in [9.17, 15) is 0 Å². The molecule has 0 radical (unpaired) electrons. The van der Waals surface area contributed by atoms with Gasteiger partial charge in [-0.1, -0.05) is 0 Å². The molecule has 0 aromatic carbocycles. The second-order valence-electron chi connectivity index (χ2n) is 0.665. The predicted octanol–water partition coefficient (Wildman–Crippen LogP) is -2.76. The van der Waals surface area contributed by atoms with Crippen molar-refractivity contribution in [1.82, 2.24) is 0 Å². The first kappa shape index (κ1) is 11.4. The molecule has 0 unspecified atom stereocenters. The summed E-state index contributed by atoms with van der Waals surface area (Å²) < 4.78 is 2.74. The molecule has 0 spiro atoms. The normalized spacial score (nSPS) is 10.3. The molecule has 0 atom stereocenters. The Morgan fingerprint density at radius 3 is 1.29 bits per heavy atom. The Balaban J connectivity index is 0. The topological polar surface area (TPSA) is 90.2 Å². The molecule has 0 aromatic rings. The van der Waals surface area contributed by atoms with Crippen molar-refractivity contribution < 1.29 is 24.2 Å². The summed E-state index contributed by atoms with van der Waals surface area (Å²) in [5.74, 6) is 0. The molecule has 0 rings (SSSR count). The van der Waals surface area contributed by atoms with Gasteiger partial charge in [-0.05, 0) is 0 Å². The Kier molecular flexibility index (Phi) is 7.40. The average molecular weight is 152 g/mol. The van der Waals surface area contributed by atoms with Crippen molar-refractivity contribution in [3.05, 3.63) is 0 Å². The zero-order chi connectivity index (χ0) is 5.21. The second kappa shape index (κ2) is 4.52. The Labute approximate surface area is 83.4 Å². The van der Waals surface area contributed by atoms with E-state index in [1.165, 1.54) is 0 Å². The van der Waals surface area contributed by atoms with E-state index < -0.39 is 9.05 Å². The minimum absolute atomic E-state index is 0. The molecular weight excluding hydrogens is 147 g/mol. The summed E-state index contributed by atoms with van der Waals surface area (Å²) in [5.41, 5.74) is 0. The van der Waals surface area contributed by atoms with E-state index in [1.807, 2.05) is 0 Å². The van der Waals surface area contributed by atoms with Gasteiger partial charge in [0.25, 0.3) is 0 Å². The molecule has 0 fully saturated rings. The van der Waals surface area contributed by atoms with Gasteiger partial charge in [0.2, 0.25) is 0 Å². The van der Waals surface area contributed by atoms with Crippen LogP contribution in [0.25, 0.3) is 0 Å². The number of hydrogen-bond donors (Lipinski definition) is 4. The summed E-state index contributed by atoms with van der Waals surface area (Å²) in [4.78, 5) is 22.8. The van der Waals surface area contributed by atoms with E-state index in [1.54, 1.807) is 0 Å². The summed E-state index contributed by atoms with van der Waals surface area (Å²) in [5, 5.41) is 7.21. The Morgan fingerprint density at radius 1 is 1.14 bits per heavy atom. The van der Waals surface area contributed by atoms with Crippen molar-refractivity contribution >= 4 is 60.4 Å². The van der Waals surface area contributed by atoms with E-state index in [0.29, 0.717) is 0 Å². The van der Waals surface area contributed by atoms with Crippen molar-refractivity contribution in [2.24, 2.45) is 0 Å². The van der Waals surface area contributed by atoms with Gasteiger partial charge in [0, 0.05) is 0 Å². The molecule has 0 aliphatic carbocycles. The molecule has 0 bridgehead atoms. The van der Waals surface area contributed by atoms with Gasteiger partial charge in [0.1, 0.15) is 0 Å². The van der Waals surface area contributed by atoms with Crippen LogP contribution >= 0.6 is 0 Å². The van der Waals surface area contributed by atoms with Gasteiger partial charge in [0.05, 0.1) is 0 Å². The minimum atomic E-state index is -4.58. The van der Waals surface area contributed by atoms with Crippen LogP contribution in [0.5, 0.6) is 0 Å². The van der Waals surface area contributed by atoms with Gasteiger partial charge in [-0.15, -0.1) is 0 Å². The molecule has 7 heteroatoms. The van der Waals surface area contributed by atoms with Crippen LogP contribution in [0, 0.1) is 0 Å². The van der Waals surface area contributed by atoms with Crippen molar-refractivity contribution in [2.45, 2.75) is 0 Å². The molecular formula is H5KO5Si. The second-order valence-corrected chi connectivity index (χ2v) is 2.00. The first-order chi connectivity index (χ1) is 2.56.